The van der Waals surface area contributed by atoms with Crippen LogP contribution >= 0.6 is 0 Å². The van der Waals surface area contributed by atoms with Crippen LogP contribution in [0.25, 0.3) is 0 Å². The Bertz CT molecular complexity index is 417. The monoisotopic (exact) mass is 316 g/mol. The summed E-state index contributed by atoms with van der Waals surface area (Å²) in [7, 11) is 0. The van der Waals surface area contributed by atoms with Crippen LogP contribution in [0.4, 0.5) is 0 Å². The number of hydrogen-bond donors (Lipinski definition) is 2. The molecule has 0 aromatic rings. The number of unbranched alkanes of at least 4 members (excludes halogenated alkanes) is 7. The maximum atomic E-state index is 10.8. The van der Waals surface area contributed by atoms with E-state index in [-0.39, 0.29) is 5.91 Å². The summed E-state index contributed by atoms with van der Waals surface area (Å²) in [6.07, 6.45) is 29.5. The number of carbonyl (C=O) groups is 1. The molecule has 0 saturated carbocycles. The summed E-state index contributed by atoms with van der Waals surface area (Å²) < 4.78 is 0. The largest absolute Gasteiger partial charge is 0.291 e. The van der Waals surface area contributed by atoms with Gasteiger partial charge in [0.25, 0.3) is 5.91 Å². The van der Waals surface area contributed by atoms with Crippen molar-refractivity contribution in [3.8, 4) is 0 Å². The fourth-order valence-electron chi connectivity index (χ4n) is 1.97. The summed E-state index contributed by atoms with van der Waals surface area (Å²) >= 11 is 0. The van der Waals surface area contributed by atoms with Crippen molar-refractivity contribution in [3.05, 3.63) is 60.8 Å². The zero-order valence-electron chi connectivity index (χ0n) is 14.4. The van der Waals surface area contributed by atoms with Gasteiger partial charge in [0.05, 0.1) is 0 Å². The zero-order valence-corrected chi connectivity index (χ0v) is 14.4. The Morgan fingerprint density at radius 2 is 1.30 bits per heavy atom. The smallest absolute Gasteiger partial charge is 0.257 e. The van der Waals surface area contributed by atoms with Gasteiger partial charge in [0, 0.05) is 6.08 Å². The highest BCUT2D eigenvalue weighted by Crippen LogP contribution is 2.08. The first kappa shape index (κ1) is 21.1. The van der Waals surface area contributed by atoms with E-state index in [1.54, 1.807) is 12.2 Å². The normalized spacial score (nSPS) is 12.6. The van der Waals surface area contributed by atoms with E-state index in [1.165, 1.54) is 51.0 Å². The lowest BCUT2D eigenvalue weighted by molar-refractivity contribution is -0.116. The van der Waals surface area contributed by atoms with Crippen LogP contribution in [0.3, 0.4) is 0 Å². The second-order valence-electron chi connectivity index (χ2n) is 5.36. The highest BCUT2D eigenvalue weighted by atomic mass is 16.2. The average molecular weight is 316 g/mol. The van der Waals surface area contributed by atoms with Gasteiger partial charge < -0.3 is 0 Å². The molecule has 128 valence electrons. The van der Waals surface area contributed by atoms with Crippen molar-refractivity contribution in [3.63, 3.8) is 0 Å². The van der Waals surface area contributed by atoms with Gasteiger partial charge in [-0.1, -0.05) is 100 Å². The Labute approximate surface area is 141 Å². The number of allylic oxidation sites excluding steroid dienone is 9. The minimum absolute atomic E-state index is 0.315. The first-order valence-corrected chi connectivity index (χ1v) is 8.65. The molecule has 0 aliphatic carbocycles. The number of hydrazine groups is 1. The van der Waals surface area contributed by atoms with E-state index in [2.05, 4.69) is 19.1 Å². The van der Waals surface area contributed by atoms with E-state index < -0.39 is 0 Å². The number of nitrogens with one attached hydrogen (secondary N) is 1. The Hall–Kier alpha value is -1.87. The van der Waals surface area contributed by atoms with Crippen LogP contribution in [0, 0.1) is 0 Å². The third kappa shape index (κ3) is 18.1. The lowest BCUT2D eigenvalue weighted by Gasteiger charge is -1.98. The Balaban J connectivity index is 3.54. The third-order valence-electron chi connectivity index (χ3n) is 3.28. The average Bonchev–Trinajstić information content (AvgIpc) is 2.57. The van der Waals surface area contributed by atoms with Gasteiger partial charge in [0.1, 0.15) is 0 Å². The van der Waals surface area contributed by atoms with Crippen LogP contribution in [0.2, 0.25) is 0 Å². The Morgan fingerprint density at radius 1 is 0.783 bits per heavy atom. The van der Waals surface area contributed by atoms with Gasteiger partial charge in [-0.05, 0) is 12.8 Å². The van der Waals surface area contributed by atoms with Crippen LogP contribution in [-0.2, 0) is 4.79 Å². The molecule has 0 atom stereocenters. The summed E-state index contributed by atoms with van der Waals surface area (Å²) in [5.41, 5.74) is 2.02. The number of carbonyl (C=O) groups excluding carboxylic acids is 1. The molecule has 0 aromatic carbocycles. The van der Waals surface area contributed by atoms with Crippen molar-refractivity contribution >= 4 is 5.91 Å². The van der Waals surface area contributed by atoms with Crippen molar-refractivity contribution in [2.75, 3.05) is 0 Å². The van der Waals surface area contributed by atoms with Crippen molar-refractivity contribution < 1.29 is 4.79 Å². The SMILES string of the molecule is CCCCCCCCCC=CC=CC=CC=CC=CC(=O)NN. The van der Waals surface area contributed by atoms with Crippen molar-refractivity contribution in [1.29, 1.82) is 0 Å². The van der Waals surface area contributed by atoms with Crippen molar-refractivity contribution in [2.45, 2.75) is 58.3 Å². The van der Waals surface area contributed by atoms with Gasteiger partial charge in [-0.2, -0.15) is 0 Å². The number of hydrogen-bond acceptors (Lipinski definition) is 2. The molecule has 0 bridgehead atoms. The summed E-state index contributed by atoms with van der Waals surface area (Å²) in [6, 6.07) is 0. The van der Waals surface area contributed by atoms with E-state index >= 15 is 0 Å². The second kappa shape index (κ2) is 18.2. The zero-order chi connectivity index (χ0) is 17.0. The van der Waals surface area contributed by atoms with Gasteiger partial charge in [-0.15, -0.1) is 0 Å². The molecule has 0 aliphatic rings. The fraction of sp³-hybridized carbons (Fsp3) is 0.450. The predicted octanol–water partition coefficient (Wildman–Crippen LogP) is 4.90. The van der Waals surface area contributed by atoms with Crippen molar-refractivity contribution in [1.82, 2.24) is 5.43 Å². The molecule has 0 spiro atoms. The summed E-state index contributed by atoms with van der Waals surface area (Å²) in [5, 5.41) is 0. The molecule has 0 aromatic heterocycles. The molecule has 0 saturated heterocycles. The lowest BCUT2D eigenvalue weighted by atomic mass is 10.1. The van der Waals surface area contributed by atoms with Gasteiger partial charge in [0.2, 0.25) is 0 Å². The minimum atomic E-state index is -0.315. The molecular weight excluding hydrogens is 284 g/mol. The fourth-order valence-corrected chi connectivity index (χ4v) is 1.97. The number of rotatable bonds is 13. The molecule has 3 N–H and O–H groups in total. The maximum Gasteiger partial charge on any atom is 0.257 e. The Kier molecular flexibility index (Phi) is 16.7. The molecule has 3 heteroatoms. The predicted molar refractivity (Wildman–Crippen MR) is 101 cm³/mol. The van der Waals surface area contributed by atoms with Gasteiger partial charge >= 0.3 is 0 Å². The molecular formula is C20H32N2O. The molecule has 0 unspecified atom stereocenters. The van der Waals surface area contributed by atoms with E-state index in [1.807, 2.05) is 35.8 Å². The highest BCUT2D eigenvalue weighted by Gasteiger charge is 1.88. The topological polar surface area (TPSA) is 55.1 Å². The first-order chi connectivity index (χ1) is 11.3. The molecule has 0 aliphatic heterocycles. The summed E-state index contributed by atoms with van der Waals surface area (Å²) in [6.45, 7) is 2.25. The molecule has 3 nitrogen and oxygen atoms in total. The van der Waals surface area contributed by atoms with E-state index in [9.17, 15) is 4.79 Å². The summed E-state index contributed by atoms with van der Waals surface area (Å²) in [5.74, 6) is 4.62. The van der Waals surface area contributed by atoms with Crippen LogP contribution < -0.4 is 11.3 Å². The first-order valence-electron chi connectivity index (χ1n) is 8.65. The highest BCUT2D eigenvalue weighted by molar-refractivity contribution is 5.87. The van der Waals surface area contributed by atoms with Crippen molar-refractivity contribution in [2.24, 2.45) is 5.84 Å². The quantitative estimate of drug-likeness (QED) is 0.127. The number of amides is 1. The van der Waals surface area contributed by atoms with E-state index in [0.29, 0.717) is 0 Å². The van der Waals surface area contributed by atoms with Crippen LogP contribution in [0.5, 0.6) is 0 Å². The van der Waals surface area contributed by atoms with E-state index in [4.69, 9.17) is 5.84 Å². The van der Waals surface area contributed by atoms with Gasteiger partial charge in [0.15, 0.2) is 0 Å². The van der Waals surface area contributed by atoms with Gasteiger partial charge in [-0.25, -0.2) is 5.84 Å². The third-order valence-corrected chi connectivity index (χ3v) is 3.28. The van der Waals surface area contributed by atoms with E-state index in [0.717, 1.165) is 6.42 Å². The number of nitrogens with two attached hydrogens (primary N) is 1. The van der Waals surface area contributed by atoms with Crippen LogP contribution in [0.15, 0.2) is 60.8 Å². The Morgan fingerprint density at radius 3 is 1.91 bits per heavy atom. The second-order valence-corrected chi connectivity index (χ2v) is 5.36. The van der Waals surface area contributed by atoms with Crippen LogP contribution in [0.1, 0.15) is 58.3 Å². The maximum absolute atomic E-state index is 10.8. The molecule has 0 radical (unpaired) electrons. The molecule has 0 rings (SSSR count). The lowest BCUT2D eigenvalue weighted by Crippen LogP contribution is -2.27. The molecule has 0 heterocycles. The standard InChI is InChI=1S/C20H32N2O/c1-2-3-4-5-6-7-8-9-10-11-12-13-14-15-16-17-18-19-20(23)22-21/h10-19H,2-9,21H2,1H3,(H,22,23). The molecule has 23 heavy (non-hydrogen) atoms. The van der Waals surface area contributed by atoms with Crippen LogP contribution in [-0.4, -0.2) is 5.91 Å². The van der Waals surface area contributed by atoms with Gasteiger partial charge in [-0.3, -0.25) is 10.2 Å². The minimum Gasteiger partial charge on any atom is -0.291 e. The molecule has 0 fully saturated rings. The summed E-state index contributed by atoms with van der Waals surface area (Å²) in [4.78, 5) is 10.8. The molecule has 1 amide bonds.